The average molecular weight is 527 g/mol. The number of carbonyl (C=O) groups is 3. The number of nitrogens with zero attached hydrogens (tertiary/aromatic N) is 1. The molecular formula is C30H30N4O5. The van der Waals surface area contributed by atoms with Crippen LogP contribution in [-0.2, 0) is 45.1 Å². The van der Waals surface area contributed by atoms with Gasteiger partial charge in [0.2, 0.25) is 5.91 Å². The molecule has 0 saturated heterocycles. The van der Waals surface area contributed by atoms with Crippen LogP contribution in [0.5, 0.6) is 0 Å². The molecule has 0 aliphatic heterocycles. The van der Waals surface area contributed by atoms with Gasteiger partial charge < -0.3 is 25.1 Å². The van der Waals surface area contributed by atoms with Crippen LogP contribution in [0.15, 0.2) is 104 Å². The standard InChI is InChI=1S/C30H30N4O5/c35-28(26(17-25-18-31-21-32-25)34-30(37)39-20-24-14-8-3-9-15-24)33-27(16-22-10-4-1-5-11-22)29(36)38-19-23-12-6-2-7-13-23/h1-15,18,21,26-27H,16-17,19-20H2,(H,31,32)(H,33,35)(H,34,37)/t26-,27-/m0/s1. The summed E-state index contributed by atoms with van der Waals surface area (Å²) in [4.78, 5) is 46.1. The van der Waals surface area contributed by atoms with Gasteiger partial charge in [0, 0.05) is 24.7 Å². The molecule has 0 bridgehead atoms. The van der Waals surface area contributed by atoms with Gasteiger partial charge in [-0.15, -0.1) is 0 Å². The van der Waals surface area contributed by atoms with Crippen LogP contribution >= 0.6 is 0 Å². The van der Waals surface area contributed by atoms with Crippen molar-refractivity contribution in [1.82, 2.24) is 20.6 Å². The van der Waals surface area contributed by atoms with Gasteiger partial charge in [-0.3, -0.25) is 4.79 Å². The number of H-pyrrole nitrogens is 1. The largest absolute Gasteiger partial charge is 0.459 e. The van der Waals surface area contributed by atoms with E-state index in [0.29, 0.717) is 5.69 Å². The molecule has 1 heterocycles. The van der Waals surface area contributed by atoms with E-state index in [-0.39, 0.29) is 26.1 Å². The van der Waals surface area contributed by atoms with Crippen LogP contribution in [0.2, 0.25) is 0 Å². The predicted octanol–water partition coefficient (Wildman–Crippen LogP) is 3.72. The van der Waals surface area contributed by atoms with Crippen molar-refractivity contribution in [2.45, 2.75) is 38.1 Å². The number of benzene rings is 3. The minimum absolute atomic E-state index is 0.0491. The Morgan fingerprint density at radius 1 is 0.692 bits per heavy atom. The molecule has 0 aliphatic carbocycles. The minimum Gasteiger partial charge on any atom is -0.459 e. The molecule has 4 rings (SSSR count). The summed E-state index contributed by atoms with van der Waals surface area (Å²) in [5.41, 5.74) is 3.12. The Bertz CT molecular complexity index is 1320. The van der Waals surface area contributed by atoms with Crippen molar-refractivity contribution < 1.29 is 23.9 Å². The van der Waals surface area contributed by atoms with Crippen molar-refractivity contribution in [3.63, 3.8) is 0 Å². The van der Waals surface area contributed by atoms with Crippen LogP contribution < -0.4 is 10.6 Å². The molecule has 4 aromatic rings. The van der Waals surface area contributed by atoms with E-state index in [2.05, 4.69) is 20.6 Å². The highest BCUT2D eigenvalue weighted by molar-refractivity contribution is 5.90. The normalized spacial score (nSPS) is 12.1. The lowest BCUT2D eigenvalue weighted by molar-refractivity contribution is -0.149. The molecule has 0 saturated carbocycles. The fourth-order valence-electron chi connectivity index (χ4n) is 3.88. The molecule has 9 nitrogen and oxygen atoms in total. The Kier molecular flexibility index (Phi) is 9.83. The van der Waals surface area contributed by atoms with Crippen molar-refractivity contribution in [2.24, 2.45) is 0 Å². The second-order valence-electron chi connectivity index (χ2n) is 8.88. The smallest absolute Gasteiger partial charge is 0.408 e. The van der Waals surface area contributed by atoms with Gasteiger partial charge >= 0.3 is 12.1 Å². The van der Waals surface area contributed by atoms with Crippen LogP contribution in [0.1, 0.15) is 22.4 Å². The molecule has 2 atom stereocenters. The van der Waals surface area contributed by atoms with Crippen molar-refractivity contribution >= 4 is 18.0 Å². The average Bonchev–Trinajstić information content (AvgIpc) is 3.49. The quantitative estimate of drug-likeness (QED) is 0.242. The zero-order chi connectivity index (χ0) is 27.3. The molecule has 2 amide bonds. The van der Waals surface area contributed by atoms with Gasteiger partial charge in [-0.1, -0.05) is 91.0 Å². The minimum atomic E-state index is -1.03. The number of nitrogens with one attached hydrogen (secondary N) is 3. The van der Waals surface area contributed by atoms with E-state index in [1.165, 1.54) is 6.33 Å². The first-order chi connectivity index (χ1) is 19.1. The monoisotopic (exact) mass is 526 g/mol. The Morgan fingerprint density at radius 2 is 1.26 bits per heavy atom. The fourth-order valence-corrected chi connectivity index (χ4v) is 3.88. The molecule has 39 heavy (non-hydrogen) atoms. The highest BCUT2D eigenvalue weighted by Gasteiger charge is 2.29. The van der Waals surface area contributed by atoms with Gasteiger partial charge in [0.25, 0.3) is 0 Å². The SMILES string of the molecule is O=C(N[C@@H](Cc1cnc[nH]1)C(=O)N[C@@H](Cc1ccccc1)C(=O)OCc1ccccc1)OCc1ccccc1. The first-order valence-electron chi connectivity index (χ1n) is 12.6. The first kappa shape index (κ1) is 27.1. The molecule has 0 fully saturated rings. The van der Waals surface area contributed by atoms with E-state index < -0.39 is 30.1 Å². The summed E-state index contributed by atoms with van der Waals surface area (Å²) in [6, 6.07) is 25.8. The van der Waals surface area contributed by atoms with E-state index >= 15 is 0 Å². The molecule has 3 N–H and O–H groups in total. The maximum Gasteiger partial charge on any atom is 0.408 e. The summed E-state index contributed by atoms with van der Waals surface area (Å²) in [5, 5.41) is 5.39. The van der Waals surface area contributed by atoms with E-state index in [4.69, 9.17) is 9.47 Å². The van der Waals surface area contributed by atoms with Gasteiger partial charge in [0.1, 0.15) is 25.3 Å². The molecule has 0 unspecified atom stereocenters. The van der Waals surface area contributed by atoms with Crippen LogP contribution in [-0.4, -0.2) is 40.0 Å². The maximum absolute atomic E-state index is 13.4. The van der Waals surface area contributed by atoms with E-state index in [0.717, 1.165) is 16.7 Å². The number of aromatic nitrogens is 2. The van der Waals surface area contributed by atoms with Gasteiger partial charge in [0.15, 0.2) is 0 Å². The van der Waals surface area contributed by atoms with Crippen molar-refractivity contribution in [3.05, 3.63) is 126 Å². The topological polar surface area (TPSA) is 122 Å². The zero-order valence-corrected chi connectivity index (χ0v) is 21.3. The lowest BCUT2D eigenvalue weighted by Gasteiger charge is -2.22. The van der Waals surface area contributed by atoms with E-state index in [1.54, 1.807) is 6.20 Å². The molecule has 0 spiro atoms. The van der Waals surface area contributed by atoms with Crippen LogP contribution in [0.3, 0.4) is 0 Å². The summed E-state index contributed by atoms with van der Waals surface area (Å²) < 4.78 is 10.9. The number of amides is 2. The van der Waals surface area contributed by atoms with Gasteiger partial charge in [-0.05, 0) is 16.7 Å². The highest BCUT2D eigenvalue weighted by atomic mass is 16.5. The number of ether oxygens (including phenoxy) is 2. The van der Waals surface area contributed by atoms with Crippen molar-refractivity contribution in [1.29, 1.82) is 0 Å². The Hall–Kier alpha value is -4.92. The first-order valence-corrected chi connectivity index (χ1v) is 12.6. The molecule has 9 heteroatoms. The molecular weight excluding hydrogens is 496 g/mol. The Morgan fingerprint density at radius 3 is 1.82 bits per heavy atom. The number of rotatable bonds is 12. The third kappa shape index (κ3) is 8.85. The molecule has 1 aromatic heterocycles. The third-order valence-electron chi connectivity index (χ3n) is 5.91. The lowest BCUT2D eigenvalue weighted by atomic mass is 10.0. The number of esters is 1. The maximum atomic E-state index is 13.4. The van der Waals surface area contributed by atoms with Crippen LogP contribution in [0.4, 0.5) is 4.79 Å². The molecule has 200 valence electrons. The summed E-state index contributed by atoms with van der Waals surface area (Å²) in [5.74, 6) is -1.14. The van der Waals surface area contributed by atoms with E-state index in [9.17, 15) is 14.4 Å². The predicted molar refractivity (Wildman–Crippen MR) is 144 cm³/mol. The second kappa shape index (κ2) is 14.1. The number of hydrogen-bond donors (Lipinski definition) is 3. The van der Waals surface area contributed by atoms with E-state index in [1.807, 2.05) is 91.0 Å². The number of hydrogen-bond acceptors (Lipinski definition) is 6. The van der Waals surface area contributed by atoms with Gasteiger partial charge in [-0.25, -0.2) is 14.6 Å². The van der Waals surface area contributed by atoms with Crippen LogP contribution in [0.25, 0.3) is 0 Å². The number of carbonyl (C=O) groups excluding carboxylic acids is 3. The van der Waals surface area contributed by atoms with Crippen molar-refractivity contribution in [2.75, 3.05) is 0 Å². The number of imidazole rings is 1. The third-order valence-corrected chi connectivity index (χ3v) is 5.91. The lowest BCUT2D eigenvalue weighted by Crippen LogP contribution is -2.53. The van der Waals surface area contributed by atoms with Gasteiger partial charge in [0.05, 0.1) is 6.33 Å². The number of alkyl carbamates (subject to hydrolysis) is 1. The number of aromatic amines is 1. The Labute approximate surface area is 226 Å². The summed E-state index contributed by atoms with van der Waals surface area (Å²) >= 11 is 0. The summed E-state index contributed by atoms with van der Waals surface area (Å²) in [7, 11) is 0. The molecule has 3 aromatic carbocycles. The molecule has 0 aliphatic rings. The fraction of sp³-hybridized carbons (Fsp3) is 0.200. The Balaban J connectivity index is 1.45. The van der Waals surface area contributed by atoms with Crippen molar-refractivity contribution in [3.8, 4) is 0 Å². The summed E-state index contributed by atoms with van der Waals surface area (Å²) in [6.45, 7) is 0.121. The molecule has 0 radical (unpaired) electrons. The second-order valence-corrected chi connectivity index (χ2v) is 8.88. The highest BCUT2D eigenvalue weighted by Crippen LogP contribution is 2.09. The zero-order valence-electron chi connectivity index (χ0n) is 21.3. The summed E-state index contributed by atoms with van der Waals surface area (Å²) in [6.07, 6.45) is 2.62. The van der Waals surface area contributed by atoms with Crippen LogP contribution in [0, 0.1) is 0 Å². The van der Waals surface area contributed by atoms with Gasteiger partial charge in [-0.2, -0.15) is 0 Å².